The number of aromatic nitrogens is 1. The fourth-order valence-electron chi connectivity index (χ4n) is 6.49. The molecule has 3 heterocycles. The minimum absolute atomic E-state index is 0.209. The molecule has 4 aromatic rings. The Bertz CT molecular complexity index is 1720. The van der Waals surface area contributed by atoms with Gasteiger partial charge >= 0.3 is 5.97 Å². The van der Waals surface area contributed by atoms with Crippen molar-refractivity contribution >= 4 is 5.97 Å². The summed E-state index contributed by atoms with van der Waals surface area (Å²) in [5, 5.41) is 9.81. The number of fused-ring (bicyclic) bond motifs is 2. The van der Waals surface area contributed by atoms with E-state index in [9.17, 15) is 14.3 Å². The highest BCUT2D eigenvalue weighted by Crippen LogP contribution is 2.42. The molecule has 0 spiro atoms. The highest BCUT2D eigenvalue weighted by Gasteiger charge is 2.25. The quantitative estimate of drug-likeness (QED) is 0.268. The summed E-state index contributed by atoms with van der Waals surface area (Å²) in [6.45, 7) is 8.59. The van der Waals surface area contributed by atoms with Gasteiger partial charge in [0, 0.05) is 36.6 Å². The lowest BCUT2D eigenvalue weighted by Gasteiger charge is -2.30. The van der Waals surface area contributed by atoms with E-state index in [2.05, 4.69) is 23.1 Å². The smallest absolute Gasteiger partial charge is 0.307 e. The van der Waals surface area contributed by atoms with Crippen LogP contribution in [0.3, 0.4) is 0 Å². The molecule has 0 atom stereocenters. The van der Waals surface area contributed by atoms with Crippen molar-refractivity contribution in [3.8, 4) is 28.0 Å². The van der Waals surface area contributed by atoms with Gasteiger partial charge in [-0.2, -0.15) is 0 Å². The molecule has 0 bridgehead atoms. The minimum atomic E-state index is -0.959. The molecule has 0 saturated heterocycles. The van der Waals surface area contributed by atoms with Gasteiger partial charge in [0.25, 0.3) is 0 Å². The van der Waals surface area contributed by atoms with Crippen LogP contribution >= 0.6 is 0 Å². The molecule has 1 aromatic heterocycles. The van der Waals surface area contributed by atoms with Gasteiger partial charge in [-0.1, -0.05) is 24.3 Å². The average Bonchev–Trinajstić information content (AvgIpc) is 2.95. The standard InChI is InChI=1S/C35H34F2N2O3/c1-20-13-29(36)9-8-26(20)18-39-11-10-23-14-24(6-7-27(23)19-39)33-22(3)38-21(2)30(17-32(40)41)34(33)28-15-25-5-4-12-42-35(25)31(37)16-28/h6-9,13-16H,4-5,10-12,17-19H2,1-3H3,(H,40,41). The molecule has 0 radical (unpaired) electrons. The van der Waals surface area contributed by atoms with Gasteiger partial charge in [0.2, 0.25) is 0 Å². The first-order valence-corrected chi connectivity index (χ1v) is 14.4. The third kappa shape index (κ3) is 5.41. The van der Waals surface area contributed by atoms with E-state index in [0.29, 0.717) is 35.6 Å². The Balaban J connectivity index is 1.41. The fraction of sp³-hybridized carbons (Fsp3) is 0.314. The number of ether oxygens (including phenoxy) is 1. The van der Waals surface area contributed by atoms with Crippen LogP contribution in [-0.2, 0) is 37.1 Å². The van der Waals surface area contributed by atoms with Crippen LogP contribution in [0.15, 0.2) is 48.5 Å². The van der Waals surface area contributed by atoms with Crippen molar-refractivity contribution < 1.29 is 23.4 Å². The first kappa shape index (κ1) is 28.0. The number of nitrogens with zero attached hydrogens (tertiary/aromatic N) is 2. The van der Waals surface area contributed by atoms with Crippen molar-refractivity contribution in [2.24, 2.45) is 0 Å². The maximum Gasteiger partial charge on any atom is 0.307 e. The number of halogens is 2. The molecule has 42 heavy (non-hydrogen) atoms. The van der Waals surface area contributed by atoms with Crippen LogP contribution in [0.1, 0.15) is 51.2 Å². The monoisotopic (exact) mass is 568 g/mol. The SMILES string of the molecule is Cc1cc(F)ccc1CN1CCc2cc(-c3c(C)nc(C)c(CC(=O)O)c3-c3cc(F)c4c(c3)CCCO4)ccc2C1. The first-order valence-electron chi connectivity index (χ1n) is 14.4. The molecule has 6 rings (SSSR count). The summed E-state index contributed by atoms with van der Waals surface area (Å²) in [6, 6.07) is 14.8. The van der Waals surface area contributed by atoms with Gasteiger partial charge in [-0.15, -0.1) is 0 Å². The van der Waals surface area contributed by atoms with Crippen molar-refractivity contribution in [1.82, 2.24) is 9.88 Å². The average molecular weight is 569 g/mol. The fourth-order valence-corrected chi connectivity index (χ4v) is 6.49. The lowest BCUT2D eigenvalue weighted by atomic mass is 9.85. The van der Waals surface area contributed by atoms with Crippen LogP contribution < -0.4 is 4.74 Å². The first-order chi connectivity index (χ1) is 20.2. The number of carbonyl (C=O) groups is 1. The van der Waals surface area contributed by atoms with Crippen LogP contribution in [0, 0.1) is 32.4 Å². The summed E-state index contributed by atoms with van der Waals surface area (Å²) >= 11 is 0. The second-order valence-corrected chi connectivity index (χ2v) is 11.5. The summed E-state index contributed by atoms with van der Waals surface area (Å²) in [6.07, 6.45) is 2.16. The van der Waals surface area contributed by atoms with Crippen LogP contribution in [0.5, 0.6) is 5.75 Å². The molecule has 2 aliphatic rings. The number of aliphatic carboxylic acids is 1. The van der Waals surface area contributed by atoms with Crippen LogP contribution in [0.4, 0.5) is 8.78 Å². The number of carboxylic acid groups (broad SMARTS) is 1. The lowest BCUT2D eigenvalue weighted by molar-refractivity contribution is -0.136. The molecule has 1 N–H and O–H groups in total. The second-order valence-electron chi connectivity index (χ2n) is 11.5. The van der Waals surface area contributed by atoms with Gasteiger partial charge in [-0.3, -0.25) is 14.7 Å². The van der Waals surface area contributed by atoms with Crippen LogP contribution in [0.2, 0.25) is 0 Å². The zero-order valence-electron chi connectivity index (χ0n) is 24.2. The number of benzene rings is 3. The van der Waals surface area contributed by atoms with Crippen LogP contribution in [-0.4, -0.2) is 34.1 Å². The summed E-state index contributed by atoms with van der Waals surface area (Å²) in [7, 11) is 0. The van der Waals surface area contributed by atoms with E-state index in [1.165, 1.54) is 23.3 Å². The Morgan fingerprint density at radius 1 is 0.929 bits per heavy atom. The highest BCUT2D eigenvalue weighted by atomic mass is 19.1. The predicted octanol–water partition coefficient (Wildman–Crippen LogP) is 7.13. The third-order valence-electron chi connectivity index (χ3n) is 8.54. The zero-order valence-corrected chi connectivity index (χ0v) is 24.2. The number of rotatable bonds is 6. The van der Waals surface area contributed by atoms with Crippen LogP contribution in [0.25, 0.3) is 22.3 Å². The number of hydrogen-bond acceptors (Lipinski definition) is 4. The lowest BCUT2D eigenvalue weighted by Crippen LogP contribution is -2.30. The molecule has 7 heteroatoms. The van der Waals surface area contributed by atoms with Gasteiger partial charge < -0.3 is 9.84 Å². The molecular weight excluding hydrogens is 534 g/mol. The van der Waals surface area contributed by atoms with Crippen molar-refractivity contribution in [2.75, 3.05) is 13.2 Å². The maximum atomic E-state index is 15.3. The van der Waals surface area contributed by atoms with E-state index in [-0.39, 0.29) is 12.2 Å². The maximum absolute atomic E-state index is 15.3. The molecular formula is C35H34F2N2O3. The topological polar surface area (TPSA) is 62.7 Å². The van der Waals surface area contributed by atoms with Gasteiger partial charge in [-0.25, -0.2) is 8.78 Å². The van der Waals surface area contributed by atoms with Crippen molar-refractivity contribution in [3.63, 3.8) is 0 Å². The molecule has 216 valence electrons. The summed E-state index contributed by atoms with van der Waals surface area (Å²) in [5.41, 5.74) is 10.5. The molecule has 0 fully saturated rings. The molecule has 0 saturated carbocycles. The Hall–Kier alpha value is -4.10. The molecule has 0 aliphatic carbocycles. The largest absolute Gasteiger partial charge is 0.490 e. The van der Waals surface area contributed by atoms with E-state index < -0.39 is 11.8 Å². The summed E-state index contributed by atoms with van der Waals surface area (Å²) < 4.78 is 34.5. The second kappa shape index (κ2) is 11.3. The van der Waals surface area contributed by atoms with E-state index in [1.54, 1.807) is 6.07 Å². The van der Waals surface area contributed by atoms with Gasteiger partial charge in [-0.05, 0) is 114 Å². The number of hydrogen-bond donors (Lipinski definition) is 1. The Morgan fingerprint density at radius 3 is 2.52 bits per heavy atom. The normalized spacial score (nSPS) is 14.7. The van der Waals surface area contributed by atoms with Gasteiger partial charge in [0.05, 0.1) is 13.0 Å². The molecule has 0 amide bonds. The van der Waals surface area contributed by atoms with Crippen molar-refractivity contribution in [1.29, 1.82) is 0 Å². The number of carboxylic acids is 1. The summed E-state index contributed by atoms with van der Waals surface area (Å²) in [4.78, 5) is 19.1. The van der Waals surface area contributed by atoms with Crippen molar-refractivity contribution in [2.45, 2.75) is 59.5 Å². The predicted molar refractivity (Wildman–Crippen MR) is 159 cm³/mol. The molecule has 2 aliphatic heterocycles. The molecule has 0 unspecified atom stereocenters. The van der Waals surface area contributed by atoms with Gasteiger partial charge in [0.15, 0.2) is 11.6 Å². The van der Waals surface area contributed by atoms with Gasteiger partial charge in [0.1, 0.15) is 5.82 Å². The Kier molecular flexibility index (Phi) is 7.54. The number of pyridine rings is 1. The highest BCUT2D eigenvalue weighted by molar-refractivity contribution is 5.90. The Labute approximate surface area is 244 Å². The van der Waals surface area contributed by atoms with Crippen molar-refractivity contribution in [3.05, 3.63) is 105 Å². The van der Waals surface area contributed by atoms with E-state index in [1.807, 2.05) is 32.9 Å². The third-order valence-corrected chi connectivity index (χ3v) is 8.54. The zero-order chi connectivity index (χ0) is 29.5. The number of aryl methyl sites for hydroxylation is 4. The van der Waals surface area contributed by atoms with E-state index in [0.717, 1.165) is 71.6 Å². The molecule has 3 aromatic carbocycles. The minimum Gasteiger partial charge on any atom is -0.490 e. The molecule has 5 nitrogen and oxygen atoms in total. The van der Waals surface area contributed by atoms with E-state index in [4.69, 9.17) is 9.72 Å². The van der Waals surface area contributed by atoms with E-state index >= 15 is 4.39 Å². The summed E-state index contributed by atoms with van der Waals surface area (Å²) in [5.74, 6) is -1.31. The Morgan fingerprint density at radius 2 is 1.74 bits per heavy atom.